The van der Waals surface area contributed by atoms with Crippen LogP contribution >= 0.6 is 11.6 Å². The minimum atomic E-state index is -0.274. The van der Waals surface area contributed by atoms with Gasteiger partial charge < -0.3 is 9.32 Å². The summed E-state index contributed by atoms with van der Waals surface area (Å²) < 4.78 is 19.9. The van der Waals surface area contributed by atoms with Crippen molar-refractivity contribution in [2.45, 2.75) is 25.3 Å². The molecule has 0 N–H and O–H groups in total. The molecule has 6 heteroatoms. The molecule has 134 valence electrons. The monoisotopic (exact) mass is 372 g/mol. The van der Waals surface area contributed by atoms with Crippen LogP contribution < -0.4 is 0 Å². The smallest absolute Gasteiger partial charge is 0.224 e. The number of aromatic nitrogens is 1. The Hall–Kier alpha value is -2.40. The number of benzene rings is 2. The largest absolute Gasteiger partial charge is 0.438 e. The Balaban J connectivity index is 1.68. The number of amides is 1. The normalized spacial score (nSPS) is 17.2. The maximum atomic E-state index is 14.0. The van der Waals surface area contributed by atoms with Crippen LogP contribution in [0.2, 0.25) is 0 Å². The maximum Gasteiger partial charge on any atom is 0.224 e. The van der Waals surface area contributed by atoms with Crippen molar-refractivity contribution in [2.24, 2.45) is 0 Å². The van der Waals surface area contributed by atoms with Crippen LogP contribution in [0.15, 0.2) is 46.9 Å². The second-order valence-electron chi connectivity index (χ2n) is 6.40. The van der Waals surface area contributed by atoms with Crippen LogP contribution in [0.25, 0.3) is 22.2 Å². The van der Waals surface area contributed by atoms with E-state index in [2.05, 4.69) is 4.98 Å². The zero-order chi connectivity index (χ0) is 18.1. The van der Waals surface area contributed by atoms with Crippen LogP contribution in [0.3, 0.4) is 0 Å². The van der Waals surface area contributed by atoms with Crippen molar-refractivity contribution >= 4 is 28.6 Å². The van der Waals surface area contributed by atoms with Crippen LogP contribution in [0.1, 0.15) is 31.2 Å². The van der Waals surface area contributed by atoms with Crippen LogP contribution in [0, 0.1) is 5.82 Å². The van der Waals surface area contributed by atoms with Gasteiger partial charge in [0.05, 0.1) is 0 Å². The van der Waals surface area contributed by atoms with Gasteiger partial charge >= 0.3 is 0 Å². The lowest BCUT2D eigenvalue weighted by Crippen LogP contribution is -2.30. The minimum Gasteiger partial charge on any atom is -0.438 e. The zero-order valence-electron chi connectivity index (χ0n) is 14.1. The topological polar surface area (TPSA) is 46.3 Å². The molecule has 1 unspecified atom stereocenters. The van der Waals surface area contributed by atoms with Crippen molar-refractivity contribution in [1.29, 1.82) is 0 Å². The summed E-state index contributed by atoms with van der Waals surface area (Å²) in [5, 5.41) is 0. The Morgan fingerprint density at radius 2 is 2.15 bits per heavy atom. The van der Waals surface area contributed by atoms with Crippen molar-refractivity contribution in [1.82, 2.24) is 9.88 Å². The quantitative estimate of drug-likeness (QED) is 0.610. The first-order valence-electron chi connectivity index (χ1n) is 8.68. The van der Waals surface area contributed by atoms with E-state index in [9.17, 15) is 9.18 Å². The summed E-state index contributed by atoms with van der Waals surface area (Å²) in [6.07, 6.45) is 2.05. The average Bonchev–Trinajstić information content (AvgIpc) is 3.28. The third-order valence-electron chi connectivity index (χ3n) is 4.76. The zero-order valence-corrected chi connectivity index (χ0v) is 14.9. The van der Waals surface area contributed by atoms with E-state index in [0.29, 0.717) is 41.4 Å². The molecule has 0 bridgehead atoms. The summed E-state index contributed by atoms with van der Waals surface area (Å²) >= 11 is 5.70. The number of oxazole rings is 1. The fourth-order valence-corrected chi connectivity index (χ4v) is 3.66. The SMILES string of the molecule is O=C(CCCl)N1CCCC1c1nc2cc(-c3ccccc3F)ccc2o1. The summed E-state index contributed by atoms with van der Waals surface area (Å²) in [4.78, 5) is 18.6. The second kappa shape index (κ2) is 7.08. The van der Waals surface area contributed by atoms with Gasteiger partial charge in [0.25, 0.3) is 0 Å². The van der Waals surface area contributed by atoms with E-state index in [1.54, 1.807) is 29.2 Å². The summed E-state index contributed by atoms with van der Waals surface area (Å²) in [5.41, 5.74) is 2.57. The Kier molecular flexibility index (Phi) is 4.64. The van der Waals surface area contributed by atoms with Crippen LogP contribution in [-0.2, 0) is 4.79 Å². The van der Waals surface area contributed by atoms with E-state index in [1.807, 2.05) is 12.1 Å². The number of hydrogen-bond acceptors (Lipinski definition) is 3. The summed E-state index contributed by atoms with van der Waals surface area (Å²) in [6.45, 7) is 0.694. The molecule has 1 aliphatic rings. The average molecular weight is 373 g/mol. The van der Waals surface area contributed by atoms with Crippen LogP contribution in [-0.4, -0.2) is 28.2 Å². The highest BCUT2D eigenvalue weighted by Gasteiger charge is 2.33. The standard InChI is InChI=1S/C20H18ClFN2O2/c21-10-9-19(25)24-11-3-6-17(24)20-23-16-12-13(7-8-18(16)26-20)14-4-1-2-5-15(14)22/h1-2,4-5,7-8,12,17H,3,6,9-11H2. The van der Waals surface area contributed by atoms with Gasteiger partial charge in [0.1, 0.15) is 17.4 Å². The fourth-order valence-electron chi connectivity index (χ4n) is 3.50. The molecule has 4 nitrogen and oxygen atoms in total. The number of alkyl halides is 1. The van der Waals surface area contributed by atoms with E-state index >= 15 is 0 Å². The number of fused-ring (bicyclic) bond motifs is 1. The fraction of sp³-hybridized carbons (Fsp3) is 0.300. The summed E-state index contributed by atoms with van der Waals surface area (Å²) in [7, 11) is 0. The molecule has 0 saturated carbocycles. The van der Waals surface area contributed by atoms with E-state index < -0.39 is 0 Å². The lowest BCUT2D eigenvalue weighted by molar-refractivity contribution is -0.132. The number of carbonyl (C=O) groups excluding carboxylic acids is 1. The molecule has 1 amide bonds. The third kappa shape index (κ3) is 3.07. The summed E-state index contributed by atoms with van der Waals surface area (Å²) in [6, 6.07) is 11.9. The maximum absolute atomic E-state index is 14.0. The van der Waals surface area contributed by atoms with Crippen molar-refractivity contribution in [3.05, 3.63) is 54.2 Å². The molecule has 4 rings (SSSR count). The van der Waals surface area contributed by atoms with Gasteiger partial charge in [-0.25, -0.2) is 9.37 Å². The second-order valence-corrected chi connectivity index (χ2v) is 6.78. The molecule has 0 radical (unpaired) electrons. The predicted molar refractivity (Wildman–Crippen MR) is 98.4 cm³/mol. The van der Waals surface area contributed by atoms with Gasteiger partial charge in [0.2, 0.25) is 11.8 Å². The van der Waals surface area contributed by atoms with Gasteiger partial charge in [-0.3, -0.25) is 4.79 Å². The van der Waals surface area contributed by atoms with E-state index in [4.69, 9.17) is 16.0 Å². The molecule has 1 aromatic heterocycles. The van der Waals surface area contributed by atoms with E-state index in [-0.39, 0.29) is 17.8 Å². The molecular weight excluding hydrogens is 355 g/mol. The highest BCUT2D eigenvalue weighted by molar-refractivity contribution is 6.18. The molecule has 2 aromatic carbocycles. The molecule has 3 aromatic rings. The highest BCUT2D eigenvalue weighted by Crippen LogP contribution is 2.35. The van der Waals surface area contributed by atoms with Gasteiger partial charge in [0, 0.05) is 24.4 Å². The van der Waals surface area contributed by atoms with Crippen molar-refractivity contribution in [2.75, 3.05) is 12.4 Å². The summed E-state index contributed by atoms with van der Waals surface area (Å²) in [5.74, 6) is 0.592. The van der Waals surface area contributed by atoms with E-state index in [1.165, 1.54) is 6.07 Å². The molecule has 1 aliphatic heterocycles. The number of nitrogens with zero attached hydrogens (tertiary/aromatic N) is 2. The highest BCUT2D eigenvalue weighted by atomic mass is 35.5. The number of rotatable bonds is 4. The Morgan fingerprint density at radius 1 is 1.31 bits per heavy atom. The first-order valence-corrected chi connectivity index (χ1v) is 9.21. The lowest BCUT2D eigenvalue weighted by atomic mass is 10.0. The first kappa shape index (κ1) is 17.0. The predicted octanol–water partition coefficient (Wildman–Crippen LogP) is 4.93. The van der Waals surface area contributed by atoms with Gasteiger partial charge in [-0.1, -0.05) is 24.3 Å². The lowest BCUT2D eigenvalue weighted by Gasteiger charge is -2.21. The molecule has 0 spiro atoms. The molecule has 0 aliphatic carbocycles. The van der Waals surface area contributed by atoms with Gasteiger partial charge in [-0.05, 0) is 36.6 Å². The van der Waals surface area contributed by atoms with E-state index in [0.717, 1.165) is 18.4 Å². The molecular formula is C20H18ClFN2O2. The van der Waals surface area contributed by atoms with Crippen LogP contribution in [0.4, 0.5) is 4.39 Å². The van der Waals surface area contributed by atoms with Gasteiger partial charge in [-0.2, -0.15) is 0 Å². The molecule has 1 fully saturated rings. The van der Waals surface area contributed by atoms with Gasteiger partial charge in [-0.15, -0.1) is 11.6 Å². The Morgan fingerprint density at radius 3 is 2.96 bits per heavy atom. The number of halogens is 2. The Labute approximate surface area is 155 Å². The van der Waals surface area contributed by atoms with Crippen molar-refractivity contribution in [3.8, 4) is 11.1 Å². The van der Waals surface area contributed by atoms with Crippen molar-refractivity contribution in [3.63, 3.8) is 0 Å². The molecule has 1 atom stereocenters. The third-order valence-corrected chi connectivity index (χ3v) is 4.94. The first-order chi connectivity index (χ1) is 12.7. The molecule has 1 saturated heterocycles. The molecule has 2 heterocycles. The van der Waals surface area contributed by atoms with Crippen molar-refractivity contribution < 1.29 is 13.6 Å². The Bertz CT molecular complexity index is 956. The number of likely N-dealkylation sites (tertiary alicyclic amines) is 1. The number of carbonyl (C=O) groups is 1. The van der Waals surface area contributed by atoms with Crippen LogP contribution in [0.5, 0.6) is 0 Å². The molecule has 26 heavy (non-hydrogen) atoms. The minimum absolute atomic E-state index is 0.0248. The number of hydrogen-bond donors (Lipinski definition) is 0. The van der Waals surface area contributed by atoms with Gasteiger partial charge in [0.15, 0.2) is 5.58 Å².